The summed E-state index contributed by atoms with van der Waals surface area (Å²) in [7, 11) is 0. The first-order valence-electron chi connectivity index (χ1n) is 13.0. The largest absolute Gasteiger partial charge is 0.490 e. The van der Waals surface area contributed by atoms with Gasteiger partial charge in [-0.15, -0.1) is 0 Å². The number of carboxylic acids is 1. The molecule has 2 amide bonds. The van der Waals surface area contributed by atoms with Crippen LogP contribution < -0.4 is 5.73 Å². The second-order valence-electron chi connectivity index (χ2n) is 10.00. The third-order valence-electron chi connectivity index (χ3n) is 7.47. The standard InChI is InChI=1S/C26H32FN3O3.C2HF3O2/c27-22-6-4-18(5-7-22)10-11-29(25(32)17-31)12-13-30-23-8-9-24(30)16-21(15-23)19-2-1-3-20(14-19)26(28)33;3-2(4,5)1(6)7/h1-7,14,21,23-24,31H,8-13,15-17H2,(H2,28,33);(H,6,7)/t21?,23-,24+;. The minimum Gasteiger partial charge on any atom is -0.475 e. The Bertz CT molecular complexity index is 1160. The van der Waals surface area contributed by atoms with E-state index in [1.165, 1.54) is 17.7 Å². The lowest BCUT2D eigenvalue weighted by Crippen LogP contribution is -2.47. The van der Waals surface area contributed by atoms with Gasteiger partial charge in [-0.05, 0) is 73.4 Å². The molecular formula is C28H33F4N3O5. The highest BCUT2D eigenvalue weighted by Crippen LogP contribution is 2.43. The van der Waals surface area contributed by atoms with E-state index in [0.29, 0.717) is 43.1 Å². The Morgan fingerprint density at radius 2 is 1.60 bits per heavy atom. The van der Waals surface area contributed by atoms with Crippen molar-refractivity contribution in [2.45, 2.75) is 56.3 Å². The Morgan fingerprint density at radius 1 is 1.00 bits per heavy atom. The fraction of sp³-hybridized carbons (Fsp3) is 0.464. The van der Waals surface area contributed by atoms with Gasteiger partial charge in [-0.1, -0.05) is 24.3 Å². The van der Waals surface area contributed by atoms with E-state index in [1.54, 1.807) is 23.1 Å². The van der Waals surface area contributed by atoms with Crippen LogP contribution in [0.5, 0.6) is 0 Å². The number of carbonyl (C=O) groups excluding carboxylic acids is 2. The molecule has 0 aliphatic carbocycles. The molecule has 2 saturated heterocycles. The van der Waals surface area contributed by atoms with Crippen molar-refractivity contribution in [2.75, 3.05) is 26.2 Å². The number of alkyl halides is 3. The second kappa shape index (κ2) is 13.7. The monoisotopic (exact) mass is 567 g/mol. The highest BCUT2D eigenvalue weighted by molar-refractivity contribution is 5.92. The summed E-state index contributed by atoms with van der Waals surface area (Å²) in [4.78, 5) is 37.0. The van der Waals surface area contributed by atoms with E-state index >= 15 is 0 Å². The van der Waals surface area contributed by atoms with Crippen LogP contribution in [0, 0.1) is 5.82 Å². The number of nitrogens with zero attached hydrogens (tertiary/aromatic N) is 2. The number of aliphatic hydroxyl groups is 1. The second-order valence-corrected chi connectivity index (χ2v) is 10.00. The normalized spacial score (nSPS) is 20.4. The zero-order chi connectivity index (χ0) is 29.4. The Labute approximate surface area is 229 Å². The number of nitrogens with two attached hydrogens (primary N) is 1. The van der Waals surface area contributed by atoms with E-state index in [9.17, 15) is 32.3 Å². The van der Waals surface area contributed by atoms with Gasteiger partial charge in [0.25, 0.3) is 0 Å². The van der Waals surface area contributed by atoms with Crippen LogP contribution in [0.25, 0.3) is 0 Å². The lowest BCUT2D eigenvalue weighted by atomic mass is 9.84. The summed E-state index contributed by atoms with van der Waals surface area (Å²) < 4.78 is 44.9. The molecule has 2 fully saturated rings. The minimum atomic E-state index is -5.08. The van der Waals surface area contributed by atoms with Crippen molar-refractivity contribution in [1.82, 2.24) is 9.80 Å². The summed E-state index contributed by atoms with van der Waals surface area (Å²) in [6, 6.07) is 14.9. The van der Waals surface area contributed by atoms with E-state index in [1.807, 2.05) is 12.1 Å². The average molecular weight is 568 g/mol. The smallest absolute Gasteiger partial charge is 0.475 e. The SMILES string of the molecule is NC(=O)c1cccc(C2C[C@H]3CC[C@@H](C2)N3CCN(CCc2ccc(F)cc2)C(=O)CO)c1.O=C(O)C(F)(F)F. The molecule has 0 saturated carbocycles. The molecule has 3 atom stereocenters. The molecule has 4 N–H and O–H groups in total. The van der Waals surface area contributed by atoms with Crippen molar-refractivity contribution in [3.8, 4) is 0 Å². The average Bonchev–Trinajstić information content (AvgIpc) is 3.15. The molecule has 218 valence electrons. The number of carboxylic acid groups (broad SMARTS) is 1. The first kappa shape index (κ1) is 31.0. The highest BCUT2D eigenvalue weighted by atomic mass is 19.4. The quantitative estimate of drug-likeness (QED) is 0.400. The van der Waals surface area contributed by atoms with E-state index < -0.39 is 24.7 Å². The molecule has 2 aromatic rings. The number of hydrogen-bond acceptors (Lipinski definition) is 5. The Hall–Kier alpha value is -3.51. The Balaban J connectivity index is 0.000000559. The van der Waals surface area contributed by atoms with Crippen molar-refractivity contribution in [1.29, 1.82) is 0 Å². The van der Waals surface area contributed by atoms with E-state index in [4.69, 9.17) is 15.6 Å². The van der Waals surface area contributed by atoms with Gasteiger partial charge in [0.05, 0.1) is 0 Å². The van der Waals surface area contributed by atoms with Crippen LogP contribution in [0.4, 0.5) is 17.6 Å². The Morgan fingerprint density at radius 3 is 2.12 bits per heavy atom. The van der Waals surface area contributed by atoms with E-state index in [2.05, 4.69) is 11.0 Å². The third-order valence-corrected chi connectivity index (χ3v) is 7.47. The van der Waals surface area contributed by atoms with Crippen LogP contribution >= 0.6 is 0 Å². The van der Waals surface area contributed by atoms with Gasteiger partial charge in [-0.2, -0.15) is 13.2 Å². The molecule has 0 aromatic heterocycles. The number of amides is 2. The molecule has 2 aliphatic rings. The van der Waals surface area contributed by atoms with Crippen LogP contribution in [-0.4, -0.2) is 82.3 Å². The highest BCUT2D eigenvalue weighted by Gasteiger charge is 2.41. The number of hydrogen-bond donors (Lipinski definition) is 3. The van der Waals surface area contributed by atoms with Gasteiger partial charge in [0.15, 0.2) is 0 Å². The van der Waals surface area contributed by atoms with Crippen LogP contribution in [0.2, 0.25) is 0 Å². The third kappa shape index (κ3) is 8.49. The van der Waals surface area contributed by atoms with Crippen molar-refractivity contribution >= 4 is 17.8 Å². The number of benzene rings is 2. The van der Waals surface area contributed by atoms with Gasteiger partial charge in [0.1, 0.15) is 12.4 Å². The summed E-state index contributed by atoms with van der Waals surface area (Å²) in [6.07, 6.45) is -0.123. The molecule has 4 rings (SSSR count). The number of halogens is 4. The fourth-order valence-electron chi connectivity index (χ4n) is 5.47. The number of fused-ring (bicyclic) bond motifs is 2. The van der Waals surface area contributed by atoms with Gasteiger partial charge >= 0.3 is 12.1 Å². The van der Waals surface area contributed by atoms with Crippen molar-refractivity contribution in [3.63, 3.8) is 0 Å². The van der Waals surface area contributed by atoms with E-state index in [0.717, 1.165) is 37.8 Å². The first-order chi connectivity index (χ1) is 18.9. The lowest BCUT2D eigenvalue weighted by molar-refractivity contribution is -0.192. The maximum atomic E-state index is 13.1. The number of rotatable bonds is 9. The molecule has 40 heavy (non-hydrogen) atoms. The van der Waals surface area contributed by atoms with Crippen molar-refractivity contribution in [3.05, 3.63) is 71.0 Å². The number of aliphatic hydroxyl groups excluding tert-OH is 1. The first-order valence-corrected chi connectivity index (χ1v) is 13.0. The van der Waals surface area contributed by atoms with Gasteiger partial charge in [0, 0.05) is 37.3 Å². The molecule has 0 radical (unpaired) electrons. The summed E-state index contributed by atoms with van der Waals surface area (Å²) in [6.45, 7) is 1.33. The predicted molar refractivity (Wildman–Crippen MR) is 138 cm³/mol. The summed E-state index contributed by atoms with van der Waals surface area (Å²) >= 11 is 0. The van der Waals surface area contributed by atoms with Crippen molar-refractivity contribution < 1.29 is 42.2 Å². The molecule has 12 heteroatoms. The summed E-state index contributed by atoms with van der Waals surface area (Å²) in [5, 5.41) is 16.6. The topological polar surface area (TPSA) is 124 Å². The molecule has 2 heterocycles. The van der Waals surface area contributed by atoms with Gasteiger partial charge < -0.3 is 20.8 Å². The minimum absolute atomic E-state index is 0.275. The summed E-state index contributed by atoms with van der Waals surface area (Å²) in [5.41, 5.74) is 8.16. The van der Waals surface area contributed by atoms with Crippen LogP contribution in [0.1, 0.15) is 53.1 Å². The summed E-state index contributed by atoms with van der Waals surface area (Å²) in [5.74, 6) is -3.30. The van der Waals surface area contributed by atoms with Gasteiger partial charge in [-0.3, -0.25) is 14.5 Å². The molecular weight excluding hydrogens is 534 g/mol. The Kier molecular flexibility index (Phi) is 10.6. The number of aliphatic carboxylic acids is 1. The van der Waals surface area contributed by atoms with Crippen molar-refractivity contribution in [2.24, 2.45) is 5.73 Å². The molecule has 1 unspecified atom stereocenters. The molecule has 2 bridgehead atoms. The number of primary amides is 1. The number of carbonyl (C=O) groups is 3. The molecule has 2 aliphatic heterocycles. The maximum Gasteiger partial charge on any atom is 0.490 e. The maximum absolute atomic E-state index is 13.1. The lowest BCUT2D eigenvalue weighted by Gasteiger charge is -2.40. The van der Waals surface area contributed by atoms with Gasteiger partial charge in [-0.25, -0.2) is 9.18 Å². The fourth-order valence-corrected chi connectivity index (χ4v) is 5.47. The van der Waals surface area contributed by atoms with Crippen LogP contribution in [-0.2, 0) is 16.0 Å². The van der Waals surface area contributed by atoms with E-state index in [-0.39, 0.29) is 11.7 Å². The molecule has 2 aromatic carbocycles. The predicted octanol–water partition coefficient (Wildman–Crippen LogP) is 3.33. The molecule has 8 nitrogen and oxygen atoms in total. The molecule has 0 spiro atoms. The zero-order valence-electron chi connectivity index (χ0n) is 21.8. The number of piperidine rings is 1. The van der Waals surface area contributed by atoms with Crippen LogP contribution in [0.3, 0.4) is 0 Å². The zero-order valence-corrected chi connectivity index (χ0v) is 21.8. The van der Waals surface area contributed by atoms with Crippen LogP contribution in [0.15, 0.2) is 48.5 Å². The van der Waals surface area contributed by atoms with Gasteiger partial charge in [0.2, 0.25) is 11.8 Å².